The van der Waals surface area contributed by atoms with Gasteiger partial charge in [-0.05, 0) is 50.1 Å². The molecule has 0 radical (unpaired) electrons. The van der Waals surface area contributed by atoms with Crippen molar-refractivity contribution in [3.8, 4) is 0 Å². The molecule has 2 heterocycles. The summed E-state index contributed by atoms with van der Waals surface area (Å²) < 4.78 is 0. The quantitative estimate of drug-likeness (QED) is 0.817. The normalized spacial score (nSPS) is 18.2. The number of aryl methyl sites for hydroxylation is 1. The molecule has 0 aliphatic carbocycles. The van der Waals surface area contributed by atoms with E-state index in [9.17, 15) is 14.4 Å². The molecule has 1 aliphatic rings. The maximum absolute atomic E-state index is 12.9. The van der Waals surface area contributed by atoms with Gasteiger partial charge in [0.1, 0.15) is 0 Å². The fraction of sp³-hybridized carbons (Fsp3) is 0.389. The summed E-state index contributed by atoms with van der Waals surface area (Å²) in [4.78, 5) is 42.5. The smallest absolute Gasteiger partial charge is 0.310 e. The number of ketones is 1. The van der Waals surface area contributed by atoms with E-state index in [4.69, 9.17) is 11.6 Å². The van der Waals surface area contributed by atoms with Crippen molar-refractivity contribution in [2.45, 2.75) is 26.3 Å². The largest absolute Gasteiger partial charge is 0.325 e. The van der Waals surface area contributed by atoms with Gasteiger partial charge in [0.15, 0.2) is 5.78 Å². The number of H-pyrrole nitrogens is 2. The van der Waals surface area contributed by atoms with Crippen LogP contribution in [0.25, 0.3) is 0 Å². The van der Waals surface area contributed by atoms with Crippen LogP contribution in [0.15, 0.2) is 33.9 Å². The molecule has 0 saturated carbocycles. The van der Waals surface area contributed by atoms with Crippen LogP contribution in [-0.4, -0.2) is 33.7 Å². The summed E-state index contributed by atoms with van der Waals surface area (Å²) in [7, 11) is 0. The van der Waals surface area contributed by atoms with Crippen molar-refractivity contribution in [3.63, 3.8) is 0 Å². The highest BCUT2D eigenvalue weighted by atomic mass is 35.5. The predicted molar refractivity (Wildman–Crippen MR) is 96.2 cm³/mol. The second kappa shape index (κ2) is 7.37. The van der Waals surface area contributed by atoms with Gasteiger partial charge in [0.2, 0.25) is 0 Å². The Morgan fingerprint density at radius 1 is 1.28 bits per heavy atom. The number of rotatable bonds is 4. The Morgan fingerprint density at radius 3 is 2.80 bits per heavy atom. The number of benzene rings is 1. The molecule has 0 unspecified atom stereocenters. The summed E-state index contributed by atoms with van der Waals surface area (Å²) in [6.45, 7) is 3.77. The van der Waals surface area contributed by atoms with Gasteiger partial charge in [0.05, 0.1) is 0 Å². The van der Waals surface area contributed by atoms with Crippen LogP contribution < -0.4 is 11.2 Å². The molecule has 2 aromatic rings. The second-order valence-corrected chi connectivity index (χ2v) is 6.95. The first-order valence-corrected chi connectivity index (χ1v) is 8.65. The van der Waals surface area contributed by atoms with Gasteiger partial charge in [-0.15, -0.1) is 0 Å². The topological polar surface area (TPSA) is 86.0 Å². The number of carbonyl (C=O) groups is 1. The molecule has 0 spiro atoms. The van der Waals surface area contributed by atoms with E-state index in [1.165, 1.54) is 6.07 Å². The predicted octanol–water partition coefficient (Wildman–Crippen LogP) is 2.12. The van der Waals surface area contributed by atoms with Crippen LogP contribution in [0.1, 0.15) is 34.5 Å². The molecule has 0 bridgehead atoms. The van der Waals surface area contributed by atoms with E-state index >= 15 is 0 Å². The monoisotopic (exact) mass is 361 g/mol. The molecular formula is C18H20ClN3O3. The number of Topliss-reactive ketones (excluding diaryl/α,β-unsaturated/α-hetero) is 1. The molecule has 1 atom stereocenters. The SMILES string of the molecule is Cc1cc(Cl)ccc1C(=O)[C@H]1CCCN(Cc2cc(=O)[nH]c(=O)[nH]2)C1. The van der Waals surface area contributed by atoms with Gasteiger partial charge in [0, 0.05) is 41.4 Å². The van der Waals surface area contributed by atoms with Crippen LogP contribution in [0.2, 0.25) is 5.02 Å². The number of aromatic nitrogens is 2. The van der Waals surface area contributed by atoms with Crippen LogP contribution >= 0.6 is 11.6 Å². The van der Waals surface area contributed by atoms with E-state index in [-0.39, 0.29) is 11.7 Å². The van der Waals surface area contributed by atoms with Crippen molar-refractivity contribution in [1.82, 2.24) is 14.9 Å². The summed E-state index contributed by atoms with van der Waals surface area (Å²) in [5, 5.41) is 0.623. The highest BCUT2D eigenvalue weighted by molar-refractivity contribution is 6.30. The first-order valence-electron chi connectivity index (χ1n) is 8.27. The number of nitrogens with one attached hydrogen (secondary N) is 2. The Balaban J connectivity index is 1.73. The van der Waals surface area contributed by atoms with Crippen LogP contribution in [0, 0.1) is 12.8 Å². The number of hydrogen-bond acceptors (Lipinski definition) is 4. The molecule has 0 amide bonds. The van der Waals surface area contributed by atoms with Crippen LogP contribution in [0.5, 0.6) is 0 Å². The minimum atomic E-state index is -0.510. The Morgan fingerprint density at radius 2 is 2.08 bits per heavy atom. The minimum Gasteiger partial charge on any atom is -0.310 e. The van der Waals surface area contributed by atoms with Crippen LogP contribution in [0.3, 0.4) is 0 Å². The number of carbonyl (C=O) groups excluding carboxylic acids is 1. The first-order chi connectivity index (χ1) is 11.9. The first kappa shape index (κ1) is 17.6. The maximum Gasteiger partial charge on any atom is 0.325 e. The lowest BCUT2D eigenvalue weighted by molar-refractivity contribution is 0.0809. The van der Waals surface area contributed by atoms with Crippen molar-refractivity contribution >= 4 is 17.4 Å². The minimum absolute atomic E-state index is 0.0951. The number of aromatic amines is 2. The molecule has 1 fully saturated rings. The molecule has 1 aliphatic heterocycles. The van der Waals surface area contributed by atoms with Gasteiger partial charge in [-0.3, -0.25) is 19.5 Å². The standard InChI is InChI=1S/C18H20ClN3O3/c1-11-7-13(19)4-5-15(11)17(24)12-3-2-6-22(9-12)10-14-8-16(23)21-18(25)20-14/h4-5,7-8,12H,2-3,6,9-10H2,1H3,(H2,20,21,23,25)/t12-/m0/s1. The van der Waals surface area contributed by atoms with E-state index in [1.807, 2.05) is 6.92 Å². The number of likely N-dealkylation sites (tertiary alicyclic amines) is 1. The number of hydrogen-bond donors (Lipinski definition) is 2. The lowest BCUT2D eigenvalue weighted by atomic mass is 9.88. The molecular weight excluding hydrogens is 342 g/mol. The number of nitrogens with zero attached hydrogens (tertiary/aromatic N) is 1. The highest BCUT2D eigenvalue weighted by Gasteiger charge is 2.27. The summed E-state index contributed by atoms with van der Waals surface area (Å²) in [6, 6.07) is 6.71. The van der Waals surface area contributed by atoms with Crippen LogP contribution in [0.4, 0.5) is 0 Å². The molecule has 1 aromatic heterocycles. The molecule has 3 rings (SSSR count). The van der Waals surface area contributed by atoms with Crippen molar-refractivity contribution < 1.29 is 4.79 Å². The zero-order valence-electron chi connectivity index (χ0n) is 14.0. The van der Waals surface area contributed by atoms with Gasteiger partial charge in [-0.25, -0.2) is 4.79 Å². The van der Waals surface area contributed by atoms with E-state index in [2.05, 4.69) is 14.9 Å². The zero-order valence-corrected chi connectivity index (χ0v) is 14.7. The van der Waals surface area contributed by atoms with Gasteiger partial charge >= 0.3 is 5.69 Å². The summed E-state index contributed by atoms with van der Waals surface area (Å²) in [5.74, 6) is 0.0283. The summed E-state index contributed by atoms with van der Waals surface area (Å²) >= 11 is 5.97. The zero-order chi connectivity index (χ0) is 18.0. The van der Waals surface area contributed by atoms with Crippen molar-refractivity contribution in [1.29, 1.82) is 0 Å². The van der Waals surface area contributed by atoms with Gasteiger partial charge < -0.3 is 4.98 Å². The Bertz CT molecular complexity index is 875. The molecule has 1 saturated heterocycles. The Hall–Kier alpha value is -2.18. The van der Waals surface area contributed by atoms with Crippen LogP contribution in [-0.2, 0) is 6.54 Å². The lowest BCUT2D eigenvalue weighted by Gasteiger charge is -2.32. The highest BCUT2D eigenvalue weighted by Crippen LogP contribution is 2.24. The van der Waals surface area contributed by atoms with Crippen molar-refractivity contribution in [2.24, 2.45) is 5.92 Å². The fourth-order valence-electron chi connectivity index (χ4n) is 3.38. The lowest BCUT2D eigenvalue weighted by Crippen LogP contribution is -2.39. The average molecular weight is 362 g/mol. The summed E-state index contributed by atoms with van der Waals surface area (Å²) in [6.07, 6.45) is 1.74. The van der Waals surface area contributed by atoms with E-state index in [1.54, 1.807) is 18.2 Å². The number of piperidine rings is 1. The third kappa shape index (κ3) is 4.27. The molecule has 7 heteroatoms. The van der Waals surface area contributed by atoms with Gasteiger partial charge in [-0.1, -0.05) is 11.6 Å². The molecule has 132 valence electrons. The summed E-state index contributed by atoms with van der Waals surface area (Å²) in [5.41, 5.74) is 1.22. The van der Waals surface area contributed by atoms with E-state index in [0.717, 1.165) is 24.9 Å². The van der Waals surface area contributed by atoms with Gasteiger partial charge in [-0.2, -0.15) is 0 Å². The second-order valence-electron chi connectivity index (χ2n) is 6.51. The molecule has 6 nitrogen and oxygen atoms in total. The molecule has 1 aromatic carbocycles. The fourth-order valence-corrected chi connectivity index (χ4v) is 3.61. The maximum atomic E-state index is 12.9. The average Bonchev–Trinajstić information content (AvgIpc) is 2.53. The number of halogens is 1. The van der Waals surface area contributed by atoms with Gasteiger partial charge in [0.25, 0.3) is 5.56 Å². The molecule has 25 heavy (non-hydrogen) atoms. The third-order valence-corrected chi connectivity index (χ3v) is 4.78. The van der Waals surface area contributed by atoms with Crippen molar-refractivity contribution in [2.75, 3.05) is 13.1 Å². The third-order valence-electron chi connectivity index (χ3n) is 4.54. The Labute approximate surface area is 149 Å². The van der Waals surface area contributed by atoms with E-state index < -0.39 is 11.2 Å². The molecule has 2 N–H and O–H groups in total. The van der Waals surface area contributed by atoms with E-state index in [0.29, 0.717) is 29.4 Å². The Kier molecular flexibility index (Phi) is 5.20. The van der Waals surface area contributed by atoms with Crippen molar-refractivity contribution in [3.05, 3.63) is 66.9 Å².